The van der Waals surface area contributed by atoms with E-state index >= 15 is 0 Å². The highest BCUT2D eigenvalue weighted by atomic mass is 35.5. The molecular weight excluding hydrogens is 689 g/mol. The first kappa shape index (κ1) is 35.5. The molecule has 3 aliphatic heterocycles. The van der Waals surface area contributed by atoms with Gasteiger partial charge in [0.2, 0.25) is 11.8 Å². The summed E-state index contributed by atoms with van der Waals surface area (Å²) < 4.78 is 7.40. The zero-order valence-electron chi connectivity index (χ0n) is 29.1. The van der Waals surface area contributed by atoms with Crippen LogP contribution >= 0.6 is 23.2 Å². The summed E-state index contributed by atoms with van der Waals surface area (Å²) in [6.07, 6.45) is 10.0. The first-order chi connectivity index (χ1) is 24.7. The van der Waals surface area contributed by atoms with Crippen molar-refractivity contribution in [2.24, 2.45) is 13.0 Å². The number of imide groups is 1. The van der Waals surface area contributed by atoms with E-state index in [1.54, 1.807) is 24.9 Å². The fourth-order valence-corrected chi connectivity index (χ4v) is 8.56. The number of benzene rings is 2. The van der Waals surface area contributed by atoms with Gasteiger partial charge < -0.3 is 19.5 Å². The van der Waals surface area contributed by atoms with Crippen molar-refractivity contribution in [3.63, 3.8) is 0 Å². The van der Waals surface area contributed by atoms with Crippen LogP contribution in [-0.2, 0) is 23.2 Å². The van der Waals surface area contributed by atoms with E-state index in [9.17, 15) is 14.4 Å². The number of ether oxygens (including phenoxy) is 1. The lowest BCUT2D eigenvalue weighted by Gasteiger charge is -2.36. The number of rotatable bonds is 10. The first-order valence-corrected chi connectivity index (χ1v) is 18.7. The third-order valence-electron chi connectivity index (χ3n) is 11.0. The maximum Gasteiger partial charge on any atom is 0.276 e. The SMILES string of the molecule is COc1cc(-c2cn(C)c(=O)c3[nH]ncc23)cc(Cl)c1CN1CCC(CCN2CCC(c3ccc(NC4CCC(=O)NC4=O)cc3Cl)CC2)CC1. The average molecular weight is 735 g/mol. The Morgan fingerprint density at radius 1 is 0.961 bits per heavy atom. The molecule has 5 heterocycles. The summed E-state index contributed by atoms with van der Waals surface area (Å²) >= 11 is 13.7. The van der Waals surface area contributed by atoms with E-state index in [1.165, 1.54) is 24.8 Å². The standard InChI is InChI=1S/C38H45Cl2N7O4/c1-45-21-29(28-20-41-44-36(28)38(45)50)25-17-31(39)30(34(18-25)51-2)22-47-13-8-23(9-14-47)7-12-46-15-10-24(11-16-46)27-4-3-26(19-32(27)40)42-33-5-6-35(48)43-37(33)49/h3-4,17-21,23-24,33,42H,5-16,22H2,1-2H3,(H,41,44)(H,43,48,49). The molecule has 3 N–H and O–H groups in total. The smallest absolute Gasteiger partial charge is 0.276 e. The molecule has 270 valence electrons. The molecule has 2 aromatic heterocycles. The van der Waals surface area contributed by atoms with E-state index < -0.39 is 6.04 Å². The Hall–Kier alpha value is -3.90. The van der Waals surface area contributed by atoms with Crippen LogP contribution in [-0.4, -0.2) is 82.3 Å². The molecule has 2 aromatic carbocycles. The molecule has 3 fully saturated rings. The number of halogens is 2. The zero-order chi connectivity index (χ0) is 35.6. The number of hydrogen-bond donors (Lipinski definition) is 3. The van der Waals surface area contributed by atoms with E-state index in [0.29, 0.717) is 35.2 Å². The number of aryl methyl sites for hydroxylation is 1. The van der Waals surface area contributed by atoms with Crippen LogP contribution in [0, 0.1) is 5.92 Å². The predicted molar refractivity (Wildman–Crippen MR) is 201 cm³/mol. The molecule has 0 spiro atoms. The molecule has 1 atom stereocenters. The number of nitrogens with zero attached hydrogens (tertiary/aromatic N) is 4. The Kier molecular flexibility index (Phi) is 10.7. The number of aromatic nitrogens is 3. The Morgan fingerprint density at radius 2 is 1.73 bits per heavy atom. The molecule has 3 saturated heterocycles. The van der Waals surface area contributed by atoms with Crippen molar-refractivity contribution in [3.8, 4) is 16.9 Å². The fraction of sp³-hybridized carbons (Fsp3) is 0.474. The third kappa shape index (κ3) is 7.82. The van der Waals surface area contributed by atoms with Crippen LogP contribution in [0.2, 0.25) is 10.0 Å². The number of pyridine rings is 1. The van der Waals surface area contributed by atoms with E-state index in [-0.39, 0.29) is 17.4 Å². The van der Waals surface area contributed by atoms with Gasteiger partial charge in [0.15, 0.2) is 0 Å². The highest BCUT2D eigenvalue weighted by Crippen LogP contribution is 2.38. The Bertz CT molecular complexity index is 1980. The number of anilines is 1. The van der Waals surface area contributed by atoms with Crippen LogP contribution in [0.1, 0.15) is 62.0 Å². The quantitative estimate of drug-likeness (QED) is 0.171. The van der Waals surface area contributed by atoms with Gasteiger partial charge >= 0.3 is 0 Å². The van der Waals surface area contributed by atoms with Crippen molar-refractivity contribution >= 4 is 51.6 Å². The van der Waals surface area contributed by atoms with Crippen LogP contribution in [0.25, 0.3) is 22.0 Å². The van der Waals surface area contributed by atoms with E-state index in [1.807, 2.05) is 30.5 Å². The molecule has 13 heteroatoms. The molecule has 0 bridgehead atoms. The average Bonchev–Trinajstić information content (AvgIpc) is 3.62. The Balaban J connectivity index is 0.876. The molecule has 0 radical (unpaired) electrons. The summed E-state index contributed by atoms with van der Waals surface area (Å²) in [6.45, 7) is 6.03. The van der Waals surface area contributed by atoms with E-state index in [2.05, 4.69) is 36.7 Å². The highest BCUT2D eigenvalue weighted by molar-refractivity contribution is 6.32. The first-order valence-electron chi connectivity index (χ1n) is 17.9. The zero-order valence-corrected chi connectivity index (χ0v) is 30.7. The number of carbonyl (C=O) groups is 2. The van der Waals surface area contributed by atoms with Crippen molar-refractivity contribution in [3.05, 3.63) is 74.3 Å². The number of H-pyrrole nitrogens is 1. The maximum atomic E-state index is 12.5. The molecule has 2 amide bonds. The van der Waals surface area contributed by atoms with Gasteiger partial charge in [0.25, 0.3) is 5.56 Å². The number of methoxy groups -OCH3 is 1. The van der Waals surface area contributed by atoms with Gasteiger partial charge in [0.1, 0.15) is 17.3 Å². The lowest BCUT2D eigenvalue weighted by molar-refractivity contribution is -0.133. The van der Waals surface area contributed by atoms with E-state index in [0.717, 1.165) is 90.6 Å². The van der Waals surface area contributed by atoms with Crippen LogP contribution in [0.5, 0.6) is 5.75 Å². The number of hydrogen-bond acceptors (Lipinski definition) is 8. The highest BCUT2D eigenvalue weighted by Gasteiger charge is 2.28. The van der Waals surface area contributed by atoms with Crippen LogP contribution in [0.4, 0.5) is 5.69 Å². The summed E-state index contributed by atoms with van der Waals surface area (Å²) in [6, 6.07) is 9.55. The largest absolute Gasteiger partial charge is 0.496 e. The van der Waals surface area contributed by atoms with Crippen LogP contribution in [0.3, 0.4) is 0 Å². The third-order valence-corrected chi connectivity index (χ3v) is 11.7. The number of aromatic amines is 1. The number of fused-ring (bicyclic) bond motifs is 1. The van der Waals surface area contributed by atoms with Crippen molar-refractivity contribution in [1.82, 2.24) is 29.9 Å². The van der Waals surface area contributed by atoms with Gasteiger partial charge in [-0.05, 0) is 118 Å². The molecule has 3 aliphatic rings. The topological polar surface area (TPSA) is 125 Å². The molecule has 0 saturated carbocycles. The summed E-state index contributed by atoms with van der Waals surface area (Å²) in [5.41, 5.74) is 5.06. The van der Waals surface area contributed by atoms with Gasteiger partial charge in [-0.3, -0.25) is 29.7 Å². The van der Waals surface area contributed by atoms with Gasteiger partial charge in [-0.1, -0.05) is 29.3 Å². The summed E-state index contributed by atoms with van der Waals surface area (Å²) in [7, 11) is 3.41. The molecule has 0 aliphatic carbocycles. The lowest BCUT2D eigenvalue weighted by atomic mass is 9.88. The van der Waals surface area contributed by atoms with Crippen LogP contribution < -0.4 is 20.9 Å². The number of amides is 2. The molecule has 1 unspecified atom stereocenters. The molecular formula is C38H45Cl2N7O4. The van der Waals surface area contributed by atoms with Gasteiger partial charge in [0, 0.05) is 58.5 Å². The number of carbonyl (C=O) groups excluding carboxylic acids is 2. The molecule has 51 heavy (non-hydrogen) atoms. The van der Waals surface area contributed by atoms with Crippen molar-refractivity contribution in [2.75, 3.05) is 45.2 Å². The Morgan fingerprint density at radius 3 is 2.45 bits per heavy atom. The van der Waals surface area contributed by atoms with E-state index in [4.69, 9.17) is 27.9 Å². The number of likely N-dealkylation sites (tertiary alicyclic amines) is 2. The molecule has 11 nitrogen and oxygen atoms in total. The second-order valence-corrected chi connectivity index (χ2v) is 15.1. The van der Waals surface area contributed by atoms with Gasteiger partial charge in [-0.2, -0.15) is 5.10 Å². The van der Waals surface area contributed by atoms with Gasteiger partial charge in [0.05, 0.1) is 13.3 Å². The van der Waals surface area contributed by atoms with Gasteiger partial charge in [-0.25, -0.2) is 0 Å². The van der Waals surface area contributed by atoms with Crippen molar-refractivity contribution < 1.29 is 14.3 Å². The van der Waals surface area contributed by atoms with Crippen LogP contribution in [0.15, 0.2) is 47.5 Å². The van der Waals surface area contributed by atoms with Gasteiger partial charge in [-0.15, -0.1) is 0 Å². The minimum Gasteiger partial charge on any atom is -0.496 e. The lowest BCUT2D eigenvalue weighted by Crippen LogP contribution is -2.47. The minimum atomic E-state index is -0.421. The second-order valence-electron chi connectivity index (χ2n) is 14.3. The summed E-state index contributed by atoms with van der Waals surface area (Å²) in [4.78, 5) is 41.2. The number of nitrogens with one attached hydrogen (secondary N) is 3. The second kappa shape index (κ2) is 15.4. The monoisotopic (exact) mass is 733 g/mol. The minimum absolute atomic E-state index is 0.124. The fourth-order valence-electron chi connectivity index (χ4n) is 7.95. The maximum absolute atomic E-state index is 12.5. The Labute approximate surface area is 307 Å². The predicted octanol–water partition coefficient (Wildman–Crippen LogP) is 5.94. The number of piperidine rings is 3. The normalized spacial score (nSPS) is 19.8. The summed E-state index contributed by atoms with van der Waals surface area (Å²) in [5.74, 6) is 1.37. The molecule has 4 aromatic rings. The summed E-state index contributed by atoms with van der Waals surface area (Å²) in [5, 5.41) is 14.7. The van der Waals surface area contributed by atoms with Crippen molar-refractivity contribution in [2.45, 2.75) is 63.5 Å². The van der Waals surface area contributed by atoms with Crippen molar-refractivity contribution in [1.29, 1.82) is 0 Å². The molecule has 7 rings (SSSR count).